The van der Waals surface area contributed by atoms with Gasteiger partial charge in [-0.25, -0.2) is 4.79 Å². The van der Waals surface area contributed by atoms with Gasteiger partial charge in [0.15, 0.2) is 0 Å². The van der Waals surface area contributed by atoms with Gasteiger partial charge in [-0.15, -0.1) is 0 Å². The molecule has 0 fully saturated rings. The van der Waals surface area contributed by atoms with E-state index in [-0.39, 0.29) is 17.9 Å². The Hall–Kier alpha value is -3.32. The van der Waals surface area contributed by atoms with Crippen molar-refractivity contribution in [3.05, 3.63) is 29.8 Å². The molecule has 0 radical (unpaired) electrons. The highest BCUT2D eigenvalue weighted by Gasteiger charge is 2.33. The van der Waals surface area contributed by atoms with E-state index in [1.807, 2.05) is 0 Å². The number of rotatable bonds is 14. The first kappa shape index (κ1) is 29.7. The SMILES string of the molecule is CCC(C)C(NC(=O)C(CC(=O)O)NC(=O)C(N)CS)C(=O)NC(Cc1ccc(O)cc1)C(=O)O. The Balaban J connectivity index is 3.04. The van der Waals surface area contributed by atoms with Gasteiger partial charge >= 0.3 is 11.9 Å². The number of thiol groups is 1. The van der Waals surface area contributed by atoms with E-state index in [0.29, 0.717) is 12.0 Å². The molecule has 0 aromatic heterocycles. The minimum atomic E-state index is -1.52. The van der Waals surface area contributed by atoms with Crippen LogP contribution in [0, 0.1) is 5.92 Å². The molecule has 1 aromatic rings. The molecule has 13 heteroatoms. The number of phenolic OH excluding ortho intramolecular Hbond substituents is 1. The van der Waals surface area contributed by atoms with Crippen molar-refractivity contribution in [3.63, 3.8) is 0 Å². The largest absolute Gasteiger partial charge is 0.508 e. The van der Waals surface area contributed by atoms with Crippen molar-refractivity contribution in [2.45, 2.75) is 57.3 Å². The van der Waals surface area contributed by atoms with Crippen LogP contribution in [0.4, 0.5) is 0 Å². The minimum absolute atomic E-state index is 0.00235. The Morgan fingerprint density at radius 1 is 0.943 bits per heavy atom. The van der Waals surface area contributed by atoms with Crippen LogP contribution in [-0.4, -0.2) is 74.9 Å². The number of carbonyl (C=O) groups excluding carboxylic acids is 3. The van der Waals surface area contributed by atoms with Crippen molar-refractivity contribution in [3.8, 4) is 5.75 Å². The molecule has 0 aliphatic heterocycles. The first-order valence-electron chi connectivity index (χ1n) is 10.9. The van der Waals surface area contributed by atoms with Crippen molar-refractivity contribution in [1.82, 2.24) is 16.0 Å². The van der Waals surface area contributed by atoms with Crippen molar-refractivity contribution >= 4 is 42.3 Å². The number of carboxylic acid groups (broad SMARTS) is 2. The summed E-state index contributed by atoms with van der Waals surface area (Å²) in [5.41, 5.74) is 6.11. The van der Waals surface area contributed by atoms with Gasteiger partial charge in [0, 0.05) is 12.2 Å². The molecular formula is C22H32N4O8S. The third-order valence-corrected chi connectivity index (χ3v) is 5.72. The summed E-state index contributed by atoms with van der Waals surface area (Å²) in [4.78, 5) is 60.9. The minimum Gasteiger partial charge on any atom is -0.508 e. The summed E-state index contributed by atoms with van der Waals surface area (Å²) in [5, 5.41) is 35.2. The van der Waals surface area contributed by atoms with Gasteiger partial charge in [-0.2, -0.15) is 12.6 Å². The quantitative estimate of drug-likeness (QED) is 0.147. The second kappa shape index (κ2) is 14.2. The molecule has 8 N–H and O–H groups in total. The molecule has 35 heavy (non-hydrogen) atoms. The number of nitrogens with two attached hydrogens (primary N) is 1. The number of nitrogens with one attached hydrogen (secondary N) is 3. The Kier molecular flexibility index (Phi) is 12.0. The Morgan fingerprint density at radius 3 is 2.00 bits per heavy atom. The van der Waals surface area contributed by atoms with Gasteiger partial charge in [0.05, 0.1) is 12.5 Å². The van der Waals surface area contributed by atoms with Gasteiger partial charge in [-0.1, -0.05) is 32.4 Å². The van der Waals surface area contributed by atoms with Crippen molar-refractivity contribution in [2.75, 3.05) is 5.75 Å². The molecule has 0 bridgehead atoms. The van der Waals surface area contributed by atoms with E-state index in [2.05, 4.69) is 28.6 Å². The number of aromatic hydroxyl groups is 1. The molecule has 1 aromatic carbocycles. The lowest BCUT2D eigenvalue weighted by Gasteiger charge is -2.27. The van der Waals surface area contributed by atoms with Gasteiger partial charge in [-0.05, 0) is 23.6 Å². The molecule has 0 aliphatic carbocycles. The van der Waals surface area contributed by atoms with Gasteiger partial charge in [0.25, 0.3) is 0 Å². The number of phenols is 1. The molecule has 5 unspecified atom stereocenters. The highest BCUT2D eigenvalue weighted by atomic mass is 32.1. The van der Waals surface area contributed by atoms with E-state index < -0.39 is 66.2 Å². The van der Waals surface area contributed by atoms with Crippen LogP contribution in [0.25, 0.3) is 0 Å². The molecule has 3 amide bonds. The average molecular weight is 513 g/mol. The maximum atomic E-state index is 13.0. The van der Waals surface area contributed by atoms with Crippen LogP contribution in [0.1, 0.15) is 32.3 Å². The molecule has 1 rings (SSSR count). The predicted octanol–water partition coefficient (Wildman–Crippen LogP) is -0.748. The molecule has 194 valence electrons. The fourth-order valence-corrected chi connectivity index (χ4v) is 3.20. The van der Waals surface area contributed by atoms with Crippen LogP contribution in [0.3, 0.4) is 0 Å². The zero-order chi connectivity index (χ0) is 26.7. The zero-order valence-electron chi connectivity index (χ0n) is 19.4. The lowest BCUT2D eigenvalue weighted by atomic mass is 9.96. The molecular weight excluding hydrogens is 480 g/mol. The Morgan fingerprint density at radius 2 is 1.51 bits per heavy atom. The number of carboxylic acids is 2. The fraction of sp³-hybridized carbons (Fsp3) is 0.500. The molecule has 0 saturated carbocycles. The van der Waals surface area contributed by atoms with Crippen molar-refractivity contribution in [1.29, 1.82) is 0 Å². The summed E-state index contributed by atoms with van der Waals surface area (Å²) in [6.07, 6.45) is -0.416. The number of carbonyl (C=O) groups is 5. The average Bonchev–Trinajstić information content (AvgIpc) is 2.81. The van der Waals surface area contributed by atoms with E-state index in [0.717, 1.165) is 0 Å². The smallest absolute Gasteiger partial charge is 0.326 e. The standard InChI is InChI=1S/C22H32N4O8S/c1-3-11(2)18(26-20(31)15(9-17(28)29)24-19(30)14(23)10-35)21(32)25-16(22(33)34)8-12-4-6-13(27)7-5-12/h4-7,11,14-16,18,27,35H,3,8-10,23H2,1-2H3,(H,24,30)(H,25,32)(H,26,31)(H,28,29)(H,33,34). The maximum absolute atomic E-state index is 13.0. The number of hydrogen-bond donors (Lipinski definition) is 8. The van der Waals surface area contributed by atoms with Crippen molar-refractivity contribution < 1.29 is 39.3 Å². The summed E-state index contributed by atoms with van der Waals surface area (Å²) in [7, 11) is 0. The Labute approximate surface area is 208 Å². The number of benzene rings is 1. The summed E-state index contributed by atoms with van der Waals surface area (Å²) < 4.78 is 0. The highest BCUT2D eigenvalue weighted by Crippen LogP contribution is 2.13. The summed E-state index contributed by atoms with van der Waals surface area (Å²) in [5.74, 6) is -5.67. The van der Waals surface area contributed by atoms with Crippen LogP contribution >= 0.6 is 12.6 Å². The van der Waals surface area contributed by atoms with E-state index >= 15 is 0 Å². The van der Waals surface area contributed by atoms with E-state index in [1.165, 1.54) is 24.3 Å². The lowest BCUT2D eigenvalue weighted by molar-refractivity contribution is -0.143. The molecule has 0 spiro atoms. The van der Waals surface area contributed by atoms with E-state index in [4.69, 9.17) is 10.8 Å². The van der Waals surface area contributed by atoms with Gasteiger partial charge < -0.3 is 37.0 Å². The first-order valence-corrected chi connectivity index (χ1v) is 11.5. The number of hydrogen-bond acceptors (Lipinski definition) is 8. The van der Waals surface area contributed by atoms with Crippen LogP contribution in [0.5, 0.6) is 5.75 Å². The highest BCUT2D eigenvalue weighted by molar-refractivity contribution is 7.80. The summed E-state index contributed by atoms with van der Waals surface area (Å²) in [6.45, 7) is 3.41. The van der Waals surface area contributed by atoms with Crippen LogP contribution in [0.2, 0.25) is 0 Å². The molecule has 0 aliphatic rings. The first-order chi connectivity index (χ1) is 16.4. The molecule has 5 atom stereocenters. The van der Waals surface area contributed by atoms with Crippen LogP contribution in [-0.2, 0) is 30.4 Å². The molecule has 12 nitrogen and oxygen atoms in total. The van der Waals surface area contributed by atoms with Gasteiger partial charge in [0.1, 0.15) is 23.9 Å². The topological polar surface area (TPSA) is 208 Å². The summed E-state index contributed by atoms with van der Waals surface area (Å²) in [6, 6.07) is 0.660. The second-order valence-electron chi connectivity index (χ2n) is 8.09. The van der Waals surface area contributed by atoms with E-state index in [9.17, 15) is 34.2 Å². The fourth-order valence-electron chi connectivity index (χ4n) is 3.03. The monoisotopic (exact) mass is 512 g/mol. The van der Waals surface area contributed by atoms with Crippen LogP contribution < -0.4 is 21.7 Å². The summed E-state index contributed by atoms with van der Waals surface area (Å²) >= 11 is 3.89. The zero-order valence-corrected chi connectivity index (χ0v) is 20.3. The number of amides is 3. The molecule has 0 saturated heterocycles. The third-order valence-electron chi connectivity index (χ3n) is 5.33. The normalized spacial score (nSPS) is 15.1. The van der Waals surface area contributed by atoms with Gasteiger partial charge in [-0.3, -0.25) is 19.2 Å². The van der Waals surface area contributed by atoms with Crippen molar-refractivity contribution in [2.24, 2.45) is 11.7 Å². The lowest BCUT2D eigenvalue weighted by Crippen LogP contribution is -2.59. The van der Waals surface area contributed by atoms with E-state index in [1.54, 1.807) is 13.8 Å². The van der Waals surface area contributed by atoms with Gasteiger partial charge in [0.2, 0.25) is 17.7 Å². The maximum Gasteiger partial charge on any atom is 0.326 e. The number of aliphatic carboxylic acids is 2. The van der Waals surface area contributed by atoms with Crippen LogP contribution in [0.15, 0.2) is 24.3 Å². The predicted molar refractivity (Wildman–Crippen MR) is 129 cm³/mol. The third kappa shape index (κ3) is 9.83. The second-order valence-corrected chi connectivity index (χ2v) is 8.46. The molecule has 0 heterocycles. The Bertz CT molecular complexity index is 911.